The van der Waals surface area contributed by atoms with Crippen LogP contribution < -0.4 is 0 Å². The Morgan fingerprint density at radius 2 is 1.57 bits per heavy atom. The van der Waals surface area contributed by atoms with Gasteiger partial charge in [0.2, 0.25) is 0 Å². The van der Waals surface area contributed by atoms with E-state index in [-0.39, 0.29) is 17.3 Å². The molecule has 1 heterocycles. The minimum atomic E-state index is -4.47. The lowest BCUT2D eigenvalue weighted by Gasteiger charge is -2.13. The van der Waals surface area contributed by atoms with Crippen LogP contribution in [0.3, 0.4) is 0 Å². The van der Waals surface area contributed by atoms with E-state index < -0.39 is 11.7 Å². The third-order valence-electron chi connectivity index (χ3n) is 4.41. The van der Waals surface area contributed by atoms with Crippen molar-refractivity contribution in [2.75, 3.05) is 0 Å². The molecule has 0 amide bonds. The van der Waals surface area contributed by atoms with Gasteiger partial charge in [0.25, 0.3) is 0 Å². The van der Waals surface area contributed by atoms with Gasteiger partial charge in [0.15, 0.2) is 11.0 Å². The topological polar surface area (TPSA) is 30.7 Å². The van der Waals surface area contributed by atoms with Crippen LogP contribution in [0.1, 0.15) is 11.1 Å². The van der Waals surface area contributed by atoms with Crippen molar-refractivity contribution >= 4 is 11.8 Å². The fraction of sp³-hybridized carbons (Fsp3) is 0.0909. The maximum Gasteiger partial charge on any atom is 0.416 e. The first-order chi connectivity index (χ1) is 14.4. The first kappa shape index (κ1) is 20.2. The third kappa shape index (κ3) is 4.23. The molecule has 0 aliphatic carbocycles. The first-order valence-corrected chi connectivity index (χ1v) is 9.97. The van der Waals surface area contributed by atoms with Crippen LogP contribution in [-0.4, -0.2) is 14.8 Å². The summed E-state index contributed by atoms with van der Waals surface area (Å²) in [6.45, 7) is 0. The number of rotatable bonds is 5. The van der Waals surface area contributed by atoms with Gasteiger partial charge in [-0.15, -0.1) is 10.2 Å². The Morgan fingerprint density at radius 1 is 0.833 bits per heavy atom. The highest BCUT2D eigenvalue weighted by Gasteiger charge is 2.31. The molecule has 152 valence electrons. The molecule has 4 aromatic rings. The SMILES string of the molecule is Fc1ccccc1CSc1nnc(-c2ccccc2)n1-c1cccc(C(F)(F)F)c1. The van der Waals surface area contributed by atoms with E-state index in [0.29, 0.717) is 22.1 Å². The lowest BCUT2D eigenvalue weighted by atomic mass is 10.1. The van der Waals surface area contributed by atoms with Crippen LogP contribution in [0.4, 0.5) is 17.6 Å². The fourth-order valence-corrected chi connectivity index (χ4v) is 3.89. The molecular weight excluding hydrogens is 414 g/mol. The molecule has 0 saturated carbocycles. The Balaban J connectivity index is 1.78. The average molecular weight is 429 g/mol. The van der Waals surface area contributed by atoms with Crippen LogP contribution in [0.15, 0.2) is 84.0 Å². The summed E-state index contributed by atoms with van der Waals surface area (Å²) in [6, 6.07) is 20.4. The largest absolute Gasteiger partial charge is 0.416 e. The molecule has 8 heteroatoms. The van der Waals surface area contributed by atoms with E-state index in [1.54, 1.807) is 41.0 Å². The van der Waals surface area contributed by atoms with E-state index in [9.17, 15) is 17.6 Å². The highest BCUT2D eigenvalue weighted by molar-refractivity contribution is 7.98. The molecular formula is C22H15F4N3S. The number of hydrogen-bond acceptors (Lipinski definition) is 3. The predicted molar refractivity (Wildman–Crippen MR) is 108 cm³/mol. The lowest BCUT2D eigenvalue weighted by molar-refractivity contribution is -0.137. The summed E-state index contributed by atoms with van der Waals surface area (Å²) in [5.74, 6) is 0.322. The van der Waals surface area contributed by atoms with Crippen molar-refractivity contribution in [2.45, 2.75) is 17.1 Å². The third-order valence-corrected chi connectivity index (χ3v) is 5.39. The van der Waals surface area contributed by atoms with Crippen LogP contribution >= 0.6 is 11.8 Å². The predicted octanol–water partition coefficient (Wildman–Crippen LogP) is 6.38. The maximum atomic E-state index is 14.0. The van der Waals surface area contributed by atoms with Crippen molar-refractivity contribution < 1.29 is 17.6 Å². The van der Waals surface area contributed by atoms with Gasteiger partial charge in [-0.3, -0.25) is 4.57 Å². The van der Waals surface area contributed by atoms with E-state index in [1.807, 2.05) is 18.2 Å². The Morgan fingerprint density at radius 3 is 2.30 bits per heavy atom. The standard InChI is InChI=1S/C22H15F4N3S/c23-19-12-5-4-9-16(19)14-30-21-28-27-20(15-7-2-1-3-8-15)29(21)18-11-6-10-17(13-18)22(24,25)26/h1-13H,14H2. The Kier molecular flexibility index (Phi) is 5.59. The molecule has 0 radical (unpaired) electrons. The van der Waals surface area contributed by atoms with Gasteiger partial charge >= 0.3 is 6.18 Å². The lowest BCUT2D eigenvalue weighted by Crippen LogP contribution is -2.07. The Bertz CT molecular complexity index is 1160. The Hall–Kier alpha value is -3.13. The van der Waals surface area contributed by atoms with E-state index in [1.165, 1.54) is 23.9 Å². The van der Waals surface area contributed by atoms with Gasteiger partial charge in [0.05, 0.1) is 11.3 Å². The van der Waals surface area contributed by atoms with Crippen LogP contribution in [0.2, 0.25) is 0 Å². The quantitative estimate of drug-likeness (QED) is 0.272. The molecule has 3 nitrogen and oxygen atoms in total. The second-order valence-corrected chi connectivity index (χ2v) is 7.38. The monoisotopic (exact) mass is 429 g/mol. The van der Waals surface area contributed by atoms with Crippen LogP contribution in [0, 0.1) is 5.82 Å². The van der Waals surface area contributed by atoms with Gasteiger partial charge in [-0.05, 0) is 29.8 Å². The van der Waals surface area contributed by atoms with E-state index in [0.717, 1.165) is 12.1 Å². The minimum Gasteiger partial charge on any atom is -0.270 e. The molecule has 0 fully saturated rings. The summed E-state index contributed by atoms with van der Waals surface area (Å²) in [5.41, 5.74) is 0.699. The van der Waals surface area contributed by atoms with Crippen LogP contribution in [0.25, 0.3) is 17.1 Å². The van der Waals surface area contributed by atoms with Gasteiger partial charge < -0.3 is 0 Å². The molecule has 30 heavy (non-hydrogen) atoms. The number of halogens is 4. The number of hydrogen-bond donors (Lipinski definition) is 0. The summed E-state index contributed by atoms with van der Waals surface area (Å²) >= 11 is 1.21. The molecule has 0 N–H and O–H groups in total. The summed E-state index contributed by atoms with van der Waals surface area (Å²) in [5, 5.41) is 8.76. The zero-order valence-electron chi connectivity index (χ0n) is 15.5. The molecule has 0 unspecified atom stereocenters. The van der Waals surface area contributed by atoms with E-state index >= 15 is 0 Å². The highest BCUT2D eigenvalue weighted by Crippen LogP contribution is 2.34. The second-order valence-electron chi connectivity index (χ2n) is 6.44. The molecule has 0 aliphatic rings. The van der Waals surface area contributed by atoms with Crippen molar-refractivity contribution in [3.05, 3.63) is 95.8 Å². The minimum absolute atomic E-state index is 0.262. The van der Waals surface area contributed by atoms with Crippen molar-refractivity contribution in [1.29, 1.82) is 0 Å². The number of aromatic nitrogens is 3. The normalized spacial score (nSPS) is 11.6. The van der Waals surface area contributed by atoms with Crippen LogP contribution in [0.5, 0.6) is 0 Å². The number of nitrogens with zero attached hydrogens (tertiary/aromatic N) is 3. The molecule has 3 aromatic carbocycles. The van der Waals surface area contributed by atoms with Gasteiger partial charge in [0, 0.05) is 11.3 Å². The highest BCUT2D eigenvalue weighted by atomic mass is 32.2. The molecule has 0 bridgehead atoms. The second kappa shape index (κ2) is 8.31. The molecule has 0 atom stereocenters. The average Bonchev–Trinajstić information content (AvgIpc) is 3.17. The molecule has 0 spiro atoms. The van der Waals surface area contributed by atoms with Gasteiger partial charge in [-0.2, -0.15) is 13.2 Å². The number of alkyl halides is 3. The molecule has 0 aliphatic heterocycles. The van der Waals surface area contributed by atoms with Crippen molar-refractivity contribution in [3.8, 4) is 17.1 Å². The van der Waals surface area contributed by atoms with Gasteiger partial charge in [0.1, 0.15) is 5.82 Å². The fourth-order valence-electron chi connectivity index (χ4n) is 2.95. The Labute approximate surface area is 174 Å². The number of benzene rings is 3. The van der Waals surface area contributed by atoms with E-state index in [2.05, 4.69) is 10.2 Å². The molecule has 4 rings (SSSR count). The molecule has 0 saturated heterocycles. The maximum absolute atomic E-state index is 14.0. The number of thioether (sulfide) groups is 1. The van der Waals surface area contributed by atoms with E-state index in [4.69, 9.17) is 0 Å². The summed E-state index contributed by atoms with van der Waals surface area (Å²) < 4.78 is 55.3. The van der Waals surface area contributed by atoms with Crippen molar-refractivity contribution in [2.24, 2.45) is 0 Å². The van der Waals surface area contributed by atoms with Crippen LogP contribution in [-0.2, 0) is 11.9 Å². The first-order valence-electron chi connectivity index (χ1n) is 8.98. The van der Waals surface area contributed by atoms with Gasteiger partial charge in [-0.1, -0.05) is 66.4 Å². The summed E-state index contributed by atoms with van der Waals surface area (Å²) in [4.78, 5) is 0. The van der Waals surface area contributed by atoms with Crippen molar-refractivity contribution in [1.82, 2.24) is 14.8 Å². The smallest absolute Gasteiger partial charge is 0.270 e. The molecule has 1 aromatic heterocycles. The van der Waals surface area contributed by atoms with Crippen molar-refractivity contribution in [3.63, 3.8) is 0 Å². The summed E-state index contributed by atoms with van der Waals surface area (Å²) in [6.07, 6.45) is -4.47. The summed E-state index contributed by atoms with van der Waals surface area (Å²) in [7, 11) is 0. The van der Waals surface area contributed by atoms with Gasteiger partial charge in [-0.25, -0.2) is 4.39 Å². The zero-order chi connectivity index (χ0) is 21.1. The zero-order valence-corrected chi connectivity index (χ0v) is 16.3.